The second-order valence-electron chi connectivity index (χ2n) is 4.76. The van der Waals surface area contributed by atoms with Crippen molar-refractivity contribution in [2.45, 2.75) is 13.0 Å². The van der Waals surface area contributed by atoms with Gasteiger partial charge in [-0.1, -0.05) is 0 Å². The van der Waals surface area contributed by atoms with E-state index in [1.54, 1.807) is 38.4 Å². The molecule has 0 aliphatic rings. The SMILES string of the molecule is COCCN(Cc1ccco1)C(=O)NCCC(=O)N(C)C. The van der Waals surface area contributed by atoms with Crippen LogP contribution in [0.1, 0.15) is 12.2 Å². The Morgan fingerprint density at radius 2 is 2.14 bits per heavy atom. The molecule has 0 spiro atoms. The van der Waals surface area contributed by atoms with Crippen molar-refractivity contribution in [2.75, 3.05) is 40.9 Å². The Labute approximate surface area is 124 Å². The van der Waals surface area contributed by atoms with Gasteiger partial charge in [-0.3, -0.25) is 4.79 Å². The summed E-state index contributed by atoms with van der Waals surface area (Å²) >= 11 is 0. The minimum absolute atomic E-state index is 0.0234. The van der Waals surface area contributed by atoms with E-state index in [1.165, 1.54) is 4.90 Å². The molecule has 1 aromatic rings. The lowest BCUT2D eigenvalue weighted by Crippen LogP contribution is -2.42. The highest BCUT2D eigenvalue weighted by Crippen LogP contribution is 2.05. The molecule has 0 saturated carbocycles. The molecule has 0 saturated heterocycles. The first kappa shape index (κ1) is 17.0. The van der Waals surface area contributed by atoms with Crippen LogP contribution in [-0.2, 0) is 16.1 Å². The van der Waals surface area contributed by atoms with Gasteiger partial charge in [0.05, 0.1) is 19.4 Å². The molecule has 0 aliphatic heterocycles. The van der Waals surface area contributed by atoms with E-state index in [4.69, 9.17) is 9.15 Å². The van der Waals surface area contributed by atoms with Crippen molar-refractivity contribution in [2.24, 2.45) is 0 Å². The third kappa shape index (κ3) is 6.31. The Kier molecular flexibility index (Phi) is 7.31. The number of carbonyl (C=O) groups excluding carboxylic acids is 2. The molecule has 1 rings (SSSR count). The molecule has 1 aromatic heterocycles. The average Bonchev–Trinajstić information content (AvgIpc) is 2.95. The first-order valence-electron chi connectivity index (χ1n) is 6.79. The lowest BCUT2D eigenvalue weighted by Gasteiger charge is -2.22. The lowest BCUT2D eigenvalue weighted by atomic mass is 10.3. The summed E-state index contributed by atoms with van der Waals surface area (Å²) in [7, 11) is 4.95. The minimum atomic E-state index is -0.241. The van der Waals surface area contributed by atoms with Gasteiger partial charge in [0.1, 0.15) is 5.76 Å². The van der Waals surface area contributed by atoms with E-state index in [9.17, 15) is 9.59 Å². The van der Waals surface area contributed by atoms with E-state index in [1.807, 2.05) is 6.07 Å². The topological polar surface area (TPSA) is 75.0 Å². The third-order valence-electron chi connectivity index (χ3n) is 2.89. The maximum atomic E-state index is 12.1. The van der Waals surface area contributed by atoms with E-state index >= 15 is 0 Å². The van der Waals surface area contributed by atoms with Gasteiger partial charge >= 0.3 is 6.03 Å². The normalized spacial score (nSPS) is 10.2. The molecule has 0 unspecified atom stereocenters. The van der Waals surface area contributed by atoms with Gasteiger partial charge in [-0.15, -0.1) is 0 Å². The van der Waals surface area contributed by atoms with Gasteiger partial charge in [-0.05, 0) is 12.1 Å². The third-order valence-corrected chi connectivity index (χ3v) is 2.89. The first-order valence-corrected chi connectivity index (χ1v) is 6.79. The number of nitrogens with zero attached hydrogens (tertiary/aromatic N) is 2. The standard InChI is InChI=1S/C14H23N3O4/c1-16(2)13(18)6-7-15-14(19)17(8-10-20-3)11-12-5-4-9-21-12/h4-5,9H,6-8,10-11H2,1-3H3,(H,15,19). The van der Waals surface area contributed by atoms with Crippen molar-refractivity contribution in [3.63, 3.8) is 0 Å². The number of nitrogens with one attached hydrogen (secondary N) is 1. The molecule has 118 valence electrons. The number of rotatable bonds is 8. The zero-order valence-corrected chi connectivity index (χ0v) is 12.8. The fourth-order valence-electron chi connectivity index (χ4n) is 1.66. The van der Waals surface area contributed by atoms with Crippen LogP contribution in [0.5, 0.6) is 0 Å². The predicted molar refractivity (Wildman–Crippen MR) is 77.7 cm³/mol. The van der Waals surface area contributed by atoms with Crippen molar-refractivity contribution < 1.29 is 18.7 Å². The fourth-order valence-corrected chi connectivity index (χ4v) is 1.66. The smallest absolute Gasteiger partial charge is 0.317 e. The monoisotopic (exact) mass is 297 g/mol. The molecule has 21 heavy (non-hydrogen) atoms. The van der Waals surface area contributed by atoms with Crippen molar-refractivity contribution in [3.05, 3.63) is 24.2 Å². The van der Waals surface area contributed by atoms with Gasteiger partial charge in [-0.25, -0.2) is 4.79 Å². The second kappa shape index (κ2) is 9.02. The molecular formula is C14H23N3O4. The number of urea groups is 1. The molecule has 0 atom stereocenters. The van der Waals surface area contributed by atoms with Gasteiger partial charge in [0.2, 0.25) is 5.91 Å². The van der Waals surface area contributed by atoms with Gasteiger partial charge < -0.3 is 24.3 Å². The van der Waals surface area contributed by atoms with Crippen molar-refractivity contribution in [3.8, 4) is 0 Å². The Hall–Kier alpha value is -2.02. The molecule has 0 fully saturated rings. The molecule has 0 bridgehead atoms. The van der Waals surface area contributed by atoms with Crippen LogP contribution in [0.25, 0.3) is 0 Å². The summed E-state index contributed by atoms with van der Waals surface area (Å²) in [5.41, 5.74) is 0. The summed E-state index contributed by atoms with van der Waals surface area (Å²) in [6.45, 7) is 1.55. The maximum absolute atomic E-state index is 12.1. The van der Waals surface area contributed by atoms with E-state index in [0.29, 0.717) is 32.0 Å². The molecule has 0 aromatic carbocycles. The Balaban J connectivity index is 2.45. The van der Waals surface area contributed by atoms with Crippen LogP contribution in [0.2, 0.25) is 0 Å². The maximum Gasteiger partial charge on any atom is 0.317 e. The summed E-state index contributed by atoms with van der Waals surface area (Å²) in [4.78, 5) is 26.7. The number of ether oxygens (including phenoxy) is 1. The highest BCUT2D eigenvalue weighted by molar-refractivity contribution is 5.78. The number of furan rings is 1. The Morgan fingerprint density at radius 1 is 1.38 bits per heavy atom. The zero-order chi connectivity index (χ0) is 15.7. The second-order valence-corrected chi connectivity index (χ2v) is 4.76. The van der Waals surface area contributed by atoms with E-state index in [2.05, 4.69) is 5.32 Å². The summed E-state index contributed by atoms with van der Waals surface area (Å²) in [5, 5.41) is 2.73. The highest BCUT2D eigenvalue weighted by Gasteiger charge is 2.15. The van der Waals surface area contributed by atoms with Crippen LogP contribution in [0.4, 0.5) is 4.79 Å². The number of hydrogen-bond acceptors (Lipinski definition) is 4. The largest absolute Gasteiger partial charge is 0.467 e. The van der Waals surface area contributed by atoms with Crippen molar-refractivity contribution in [1.82, 2.24) is 15.1 Å². The van der Waals surface area contributed by atoms with Crippen molar-refractivity contribution >= 4 is 11.9 Å². The van der Waals surface area contributed by atoms with E-state index in [-0.39, 0.29) is 18.4 Å². The quantitative estimate of drug-likeness (QED) is 0.774. The van der Waals surface area contributed by atoms with Crippen LogP contribution >= 0.6 is 0 Å². The summed E-state index contributed by atoms with van der Waals surface area (Å²) in [5.74, 6) is 0.676. The molecule has 0 radical (unpaired) electrons. The summed E-state index contributed by atoms with van der Waals surface area (Å²) in [6.07, 6.45) is 1.84. The van der Waals surface area contributed by atoms with E-state index in [0.717, 1.165) is 0 Å². The predicted octanol–water partition coefficient (Wildman–Crippen LogP) is 0.916. The van der Waals surface area contributed by atoms with Crippen LogP contribution in [-0.4, -0.2) is 62.6 Å². The Morgan fingerprint density at radius 3 is 2.71 bits per heavy atom. The molecule has 7 heteroatoms. The summed E-state index contributed by atoms with van der Waals surface area (Å²) in [6, 6.07) is 3.34. The minimum Gasteiger partial charge on any atom is -0.467 e. The van der Waals surface area contributed by atoms with Crippen LogP contribution in [0, 0.1) is 0 Å². The van der Waals surface area contributed by atoms with Crippen LogP contribution in [0.3, 0.4) is 0 Å². The number of carbonyl (C=O) groups is 2. The molecule has 7 nitrogen and oxygen atoms in total. The lowest BCUT2D eigenvalue weighted by molar-refractivity contribution is -0.128. The van der Waals surface area contributed by atoms with Gasteiger partial charge in [0.15, 0.2) is 0 Å². The average molecular weight is 297 g/mol. The molecule has 0 aliphatic carbocycles. The van der Waals surface area contributed by atoms with Gasteiger partial charge in [0, 0.05) is 40.7 Å². The van der Waals surface area contributed by atoms with Gasteiger partial charge in [-0.2, -0.15) is 0 Å². The highest BCUT2D eigenvalue weighted by atomic mass is 16.5. The van der Waals surface area contributed by atoms with E-state index < -0.39 is 0 Å². The van der Waals surface area contributed by atoms with Crippen LogP contribution in [0.15, 0.2) is 22.8 Å². The molecular weight excluding hydrogens is 274 g/mol. The van der Waals surface area contributed by atoms with Crippen LogP contribution < -0.4 is 5.32 Å². The number of methoxy groups -OCH3 is 1. The summed E-state index contributed by atoms with van der Waals surface area (Å²) < 4.78 is 10.2. The first-order chi connectivity index (χ1) is 10.0. The molecule has 3 amide bonds. The molecule has 1 heterocycles. The Bertz CT molecular complexity index is 431. The number of amides is 3. The fraction of sp³-hybridized carbons (Fsp3) is 0.571. The van der Waals surface area contributed by atoms with Crippen molar-refractivity contribution in [1.29, 1.82) is 0 Å². The number of hydrogen-bond donors (Lipinski definition) is 1. The zero-order valence-electron chi connectivity index (χ0n) is 12.8. The van der Waals surface area contributed by atoms with Gasteiger partial charge in [0.25, 0.3) is 0 Å². The molecule has 1 N–H and O–H groups in total.